The van der Waals surface area contributed by atoms with Crippen molar-refractivity contribution < 1.29 is 14.3 Å². The number of hydrogen-bond acceptors (Lipinski definition) is 2. The van der Waals surface area contributed by atoms with Gasteiger partial charge in [0.2, 0.25) is 0 Å². The normalized spacial score (nSPS) is 10.8. The van der Waals surface area contributed by atoms with Crippen LogP contribution in [0.2, 0.25) is 0 Å². The number of carboxylic acids is 1. The number of carboxylic acid groups (broad SMARTS) is 1. The van der Waals surface area contributed by atoms with Gasteiger partial charge in [0.05, 0.1) is 6.26 Å². The van der Waals surface area contributed by atoms with E-state index in [0.717, 1.165) is 12.2 Å². The van der Waals surface area contributed by atoms with Crippen molar-refractivity contribution in [2.24, 2.45) is 0 Å². The lowest BCUT2D eigenvalue weighted by atomic mass is 10.2. The maximum atomic E-state index is 10.1. The summed E-state index contributed by atoms with van der Waals surface area (Å²) in [7, 11) is 0. The molecule has 3 nitrogen and oxygen atoms in total. The molecule has 1 aromatic rings. The molecule has 3 heteroatoms. The van der Waals surface area contributed by atoms with Crippen molar-refractivity contribution in [3.05, 3.63) is 30.2 Å². The van der Waals surface area contributed by atoms with Crippen LogP contribution in [0.5, 0.6) is 0 Å². The Balaban J connectivity index is 2.16. The van der Waals surface area contributed by atoms with E-state index in [1.54, 1.807) is 6.26 Å². The molecule has 0 fully saturated rings. The standard InChI is InChI=1S/C10H12O3/c11-10(12)7-3-1-2-5-9-6-4-8-13-9/h2,4-6,8H,1,3,7H2,(H,11,12). The van der Waals surface area contributed by atoms with Gasteiger partial charge in [-0.25, -0.2) is 0 Å². The van der Waals surface area contributed by atoms with Gasteiger partial charge >= 0.3 is 5.97 Å². The van der Waals surface area contributed by atoms with Gasteiger partial charge in [0.1, 0.15) is 5.76 Å². The molecule has 1 aromatic heterocycles. The van der Waals surface area contributed by atoms with Gasteiger partial charge in [-0.3, -0.25) is 4.79 Å². The molecule has 0 aromatic carbocycles. The Morgan fingerprint density at radius 2 is 2.46 bits per heavy atom. The lowest BCUT2D eigenvalue weighted by Crippen LogP contribution is -1.92. The summed E-state index contributed by atoms with van der Waals surface area (Å²) in [5.41, 5.74) is 0. The molecule has 1 rings (SSSR count). The highest BCUT2D eigenvalue weighted by Crippen LogP contribution is 2.04. The fraction of sp³-hybridized carbons (Fsp3) is 0.300. The number of furan rings is 1. The average Bonchev–Trinajstić information content (AvgIpc) is 2.55. The summed E-state index contributed by atoms with van der Waals surface area (Å²) in [6.07, 6.45) is 7.04. The zero-order valence-electron chi connectivity index (χ0n) is 7.27. The maximum Gasteiger partial charge on any atom is 0.303 e. The molecule has 0 spiro atoms. The van der Waals surface area contributed by atoms with Crippen molar-refractivity contribution in [2.75, 3.05) is 0 Å². The zero-order chi connectivity index (χ0) is 9.52. The molecule has 0 aliphatic carbocycles. The molecule has 0 saturated heterocycles. The van der Waals surface area contributed by atoms with E-state index in [2.05, 4.69) is 0 Å². The van der Waals surface area contributed by atoms with Crippen LogP contribution in [0.3, 0.4) is 0 Å². The van der Waals surface area contributed by atoms with Gasteiger partial charge in [-0.1, -0.05) is 6.08 Å². The van der Waals surface area contributed by atoms with Crippen molar-refractivity contribution in [1.82, 2.24) is 0 Å². The number of carbonyl (C=O) groups is 1. The van der Waals surface area contributed by atoms with Crippen LogP contribution >= 0.6 is 0 Å². The van der Waals surface area contributed by atoms with Crippen LogP contribution in [0.1, 0.15) is 25.0 Å². The average molecular weight is 180 g/mol. The SMILES string of the molecule is O=C(O)CCCC=Cc1ccco1. The Labute approximate surface area is 76.7 Å². The molecular weight excluding hydrogens is 168 g/mol. The molecule has 70 valence electrons. The fourth-order valence-corrected chi connectivity index (χ4v) is 0.957. The molecule has 0 aliphatic heterocycles. The third-order valence-corrected chi connectivity index (χ3v) is 1.59. The van der Waals surface area contributed by atoms with Crippen molar-refractivity contribution in [2.45, 2.75) is 19.3 Å². The van der Waals surface area contributed by atoms with Crippen molar-refractivity contribution in [3.8, 4) is 0 Å². The summed E-state index contributed by atoms with van der Waals surface area (Å²) in [5, 5.41) is 8.35. The van der Waals surface area contributed by atoms with Crippen LogP contribution in [0.15, 0.2) is 28.9 Å². The van der Waals surface area contributed by atoms with Gasteiger partial charge < -0.3 is 9.52 Å². The van der Waals surface area contributed by atoms with Crippen molar-refractivity contribution in [1.29, 1.82) is 0 Å². The monoisotopic (exact) mass is 180 g/mol. The molecule has 0 amide bonds. The molecule has 13 heavy (non-hydrogen) atoms. The number of unbranched alkanes of at least 4 members (excludes halogenated alkanes) is 1. The largest absolute Gasteiger partial charge is 0.481 e. The van der Waals surface area contributed by atoms with E-state index < -0.39 is 5.97 Å². The third-order valence-electron chi connectivity index (χ3n) is 1.59. The lowest BCUT2D eigenvalue weighted by Gasteiger charge is -1.89. The molecule has 1 N–H and O–H groups in total. The van der Waals surface area contributed by atoms with E-state index in [9.17, 15) is 4.79 Å². The first-order valence-corrected chi connectivity index (χ1v) is 4.21. The first-order chi connectivity index (χ1) is 6.29. The van der Waals surface area contributed by atoms with Crippen LogP contribution in [0.4, 0.5) is 0 Å². The maximum absolute atomic E-state index is 10.1. The molecule has 1 heterocycles. The minimum Gasteiger partial charge on any atom is -0.481 e. The van der Waals surface area contributed by atoms with Gasteiger partial charge in [-0.05, 0) is 31.1 Å². The third kappa shape index (κ3) is 4.15. The highest BCUT2D eigenvalue weighted by atomic mass is 16.4. The number of aliphatic carboxylic acids is 1. The minimum atomic E-state index is -0.744. The van der Waals surface area contributed by atoms with Gasteiger partial charge in [0.25, 0.3) is 0 Å². The second-order valence-electron chi connectivity index (χ2n) is 2.70. The molecule has 0 radical (unpaired) electrons. The van der Waals surface area contributed by atoms with E-state index in [1.165, 1.54) is 0 Å². The predicted octanol–water partition coefficient (Wildman–Crippen LogP) is 2.55. The summed E-state index contributed by atoms with van der Waals surface area (Å²) in [5.74, 6) is 0.0572. The molecule has 0 atom stereocenters. The van der Waals surface area contributed by atoms with Crippen molar-refractivity contribution >= 4 is 12.0 Å². The van der Waals surface area contributed by atoms with Gasteiger partial charge in [-0.2, -0.15) is 0 Å². The van der Waals surface area contributed by atoms with Gasteiger partial charge in [0.15, 0.2) is 0 Å². The van der Waals surface area contributed by atoms with Crippen LogP contribution in [0, 0.1) is 0 Å². The Bertz CT molecular complexity index is 272. The van der Waals surface area contributed by atoms with Crippen LogP contribution in [-0.4, -0.2) is 11.1 Å². The predicted molar refractivity (Wildman–Crippen MR) is 49.2 cm³/mol. The summed E-state index contributed by atoms with van der Waals surface area (Å²) in [6, 6.07) is 3.67. The Kier molecular flexibility index (Phi) is 3.82. The second kappa shape index (κ2) is 5.19. The first-order valence-electron chi connectivity index (χ1n) is 4.21. The zero-order valence-corrected chi connectivity index (χ0v) is 7.27. The summed E-state index contributed by atoms with van der Waals surface area (Å²) in [6.45, 7) is 0. The van der Waals surface area contributed by atoms with E-state index in [0.29, 0.717) is 6.42 Å². The summed E-state index contributed by atoms with van der Waals surface area (Å²) in [4.78, 5) is 10.1. The Hall–Kier alpha value is -1.51. The van der Waals surface area contributed by atoms with Gasteiger partial charge in [-0.15, -0.1) is 0 Å². The van der Waals surface area contributed by atoms with E-state index in [-0.39, 0.29) is 6.42 Å². The number of rotatable bonds is 5. The van der Waals surface area contributed by atoms with Crippen LogP contribution < -0.4 is 0 Å². The van der Waals surface area contributed by atoms with E-state index >= 15 is 0 Å². The Morgan fingerprint density at radius 3 is 3.08 bits per heavy atom. The molecule has 0 bridgehead atoms. The van der Waals surface area contributed by atoms with E-state index in [4.69, 9.17) is 9.52 Å². The molecular formula is C10H12O3. The molecule has 0 aliphatic rings. The fourth-order valence-electron chi connectivity index (χ4n) is 0.957. The number of hydrogen-bond donors (Lipinski definition) is 1. The lowest BCUT2D eigenvalue weighted by molar-refractivity contribution is -0.137. The highest BCUT2D eigenvalue weighted by Gasteiger charge is 1.93. The molecule has 0 unspecified atom stereocenters. The Morgan fingerprint density at radius 1 is 1.62 bits per heavy atom. The van der Waals surface area contributed by atoms with Crippen molar-refractivity contribution in [3.63, 3.8) is 0 Å². The smallest absolute Gasteiger partial charge is 0.303 e. The van der Waals surface area contributed by atoms with Crippen LogP contribution in [0.25, 0.3) is 6.08 Å². The summed E-state index contributed by atoms with van der Waals surface area (Å²) >= 11 is 0. The molecule has 0 saturated carbocycles. The van der Waals surface area contributed by atoms with Crippen LogP contribution in [-0.2, 0) is 4.79 Å². The minimum absolute atomic E-state index is 0.225. The quantitative estimate of drug-likeness (QED) is 0.708. The number of allylic oxidation sites excluding steroid dienone is 1. The second-order valence-corrected chi connectivity index (χ2v) is 2.70. The van der Waals surface area contributed by atoms with E-state index in [1.807, 2.05) is 24.3 Å². The summed E-state index contributed by atoms with van der Waals surface area (Å²) < 4.78 is 5.06. The first kappa shape index (κ1) is 9.58. The highest BCUT2D eigenvalue weighted by molar-refractivity contribution is 5.66. The topological polar surface area (TPSA) is 50.4 Å². The van der Waals surface area contributed by atoms with Gasteiger partial charge in [0, 0.05) is 6.42 Å².